The van der Waals surface area contributed by atoms with Gasteiger partial charge in [-0.25, -0.2) is 4.98 Å². The van der Waals surface area contributed by atoms with E-state index in [9.17, 15) is 10.1 Å². The smallest absolute Gasteiger partial charge is 0.289 e. The number of amides is 1. The third-order valence-electron chi connectivity index (χ3n) is 6.66. The molecule has 180 valence electrons. The third kappa shape index (κ3) is 4.48. The molecule has 1 unspecified atom stereocenters. The van der Waals surface area contributed by atoms with Crippen molar-refractivity contribution < 1.29 is 9.21 Å². The quantitative estimate of drug-likeness (QED) is 0.351. The number of anilines is 1. The van der Waals surface area contributed by atoms with E-state index >= 15 is 0 Å². The molecule has 1 aliphatic heterocycles. The van der Waals surface area contributed by atoms with Crippen molar-refractivity contribution in [1.82, 2.24) is 9.88 Å². The molecule has 0 N–H and O–H groups in total. The lowest BCUT2D eigenvalue weighted by Gasteiger charge is -2.42. The number of piperazine rings is 1. The van der Waals surface area contributed by atoms with Crippen molar-refractivity contribution in [3.05, 3.63) is 108 Å². The van der Waals surface area contributed by atoms with Gasteiger partial charge in [0.2, 0.25) is 0 Å². The Morgan fingerprint density at radius 3 is 2.39 bits per heavy atom. The summed E-state index contributed by atoms with van der Waals surface area (Å²) in [7, 11) is 0. The second-order valence-electron chi connectivity index (χ2n) is 9.27. The van der Waals surface area contributed by atoms with Crippen LogP contribution in [0.15, 0.2) is 89.5 Å². The monoisotopic (exact) mass is 476 g/mol. The minimum Gasteiger partial charge on any atom is -0.459 e. The minimum absolute atomic E-state index is 0.130. The van der Waals surface area contributed by atoms with Gasteiger partial charge in [0.25, 0.3) is 5.91 Å². The summed E-state index contributed by atoms with van der Waals surface area (Å²) in [6.07, 6.45) is 1.52. The van der Waals surface area contributed by atoms with Gasteiger partial charge in [-0.3, -0.25) is 4.79 Å². The van der Waals surface area contributed by atoms with E-state index in [-0.39, 0.29) is 17.9 Å². The minimum atomic E-state index is -0.163. The van der Waals surface area contributed by atoms with E-state index in [1.54, 1.807) is 12.1 Å². The lowest BCUT2D eigenvalue weighted by Crippen LogP contribution is -2.51. The molecule has 1 amide bonds. The van der Waals surface area contributed by atoms with Gasteiger partial charge >= 0.3 is 0 Å². The number of nitriles is 1. The summed E-state index contributed by atoms with van der Waals surface area (Å²) in [6, 6.07) is 27.9. The number of aromatic nitrogens is 1. The Bertz CT molecular complexity index is 1380. The van der Waals surface area contributed by atoms with Crippen LogP contribution in [0.4, 0.5) is 5.82 Å². The van der Waals surface area contributed by atoms with Crippen LogP contribution in [0.2, 0.25) is 0 Å². The summed E-state index contributed by atoms with van der Waals surface area (Å²) in [5.74, 6) is 1.06. The molecule has 2 aromatic heterocycles. The third-order valence-corrected chi connectivity index (χ3v) is 6.66. The lowest BCUT2D eigenvalue weighted by molar-refractivity contribution is 0.0689. The second kappa shape index (κ2) is 10.1. The number of hydrogen-bond acceptors (Lipinski definition) is 5. The van der Waals surface area contributed by atoms with Gasteiger partial charge in [-0.2, -0.15) is 5.26 Å². The van der Waals surface area contributed by atoms with Gasteiger partial charge in [0.15, 0.2) is 5.76 Å². The standard InChI is InChI=1S/C30H28N4O2/c1-21(2)26-18-24(22-10-5-3-6-11-22)25(19-31)29(32-26)34-16-15-33(30(35)28-14-9-17-36-28)20-27(34)23-12-7-4-8-13-23/h3-14,17-18,21,27H,15-16,20H2,1-2H3. The van der Waals surface area contributed by atoms with E-state index < -0.39 is 0 Å². The Morgan fingerprint density at radius 1 is 1.03 bits per heavy atom. The summed E-state index contributed by atoms with van der Waals surface area (Å²) in [5, 5.41) is 10.3. The van der Waals surface area contributed by atoms with Crippen LogP contribution >= 0.6 is 0 Å². The zero-order valence-electron chi connectivity index (χ0n) is 20.5. The van der Waals surface area contributed by atoms with Gasteiger partial charge in [-0.05, 0) is 35.2 Å². The van der Waals surface area contributed by atoms with Crippen LogP contribution in [-0.2, 0) is 0 Å². The van der Waals surface area contributed by atoms with Crippen molar-refractivity contribution in [1.29, 1.82) is 5.26 Å². The van der Waals surface area contributed by atoms with Crippen LogP contribution in [0.5, 0.6) is 0 Å². The molecule has 0 bridgehead atoms. The van der Waals surface area contributed by atoms with Crippen LogP contribution in [0.1, 0.15) is 53.2 Å². The SMILES string of the molecule is CC(C)c1cc(-c2ccccc2)c(C#N)c(N2CCN(C(=O)c3ccco3)CC2c2ccccc2)n1. The first-order valence-electron chi connectivity index (χ1n) is 12.2. The molecule has 4 aromatic rings. The van der Waals surface area contributed by atoms with Gasteiger partial charge in [0.05, 0.1) is 12.3 Å². The van der Waals surface area contributed by atoms with Crippen molar-refractivity contribution >= 4 is 11.7 Å². The molecular formula is C30H28N4O2. The average Bonchev–Trinajstić information content (AvgIpc) is 3.47. The lowest BCUT2D eigenvalue weighted by atomic mass is 9.95. The Labute approximate surface area is 211 Å². The average molecular weight is 477 g/mol. The highest BCUT2D eigenvalue weighted by molar-refractivity contribution is 5.91. The first kappa shape index (κ1) is 23.4. The Kier molecular flexibility index (Phi) is 6.55. The predicted molar refractivity (Wildman–Crippen MR) is 140 cm³/mol. The van der Waals surface area contributed by atoms with Crippen molar-refractivity contribution in [2.24, 2.45) is 0 Å². The number of carbonyl (C=O) groups is 1. The van der Waals surface area contributed by atoms with Crippen molar-refractivity contribution in [2.75, 3.05) is 24.5 Å². The fraction of sp³-hybridized carbons (Fsp3) is 0.233. The van der Waals surface area contributed by atoms with Crippen LogP contribution in [0.25, 0.3) is 11.1 Å². The van der Waals surface area contributed by atoms with E-state index in [1.807, 2.05) is 59.5 Å². The highest BCUT2D eigenvalue weighted by atomic mass is 16.3. The Hall–Kier alpha value is -4.37. The summed E-state index contributed by atoms with van der Waals surface area (Å²) in [6.45, 7) is 5.73. The highest BCUT2D eigenvalue weighted by Gasteiger charge is 2.34. The molecule has 0 aliphatic carbocycles. The Morgan fingerprint density at radius 2 is 1.75 bits per heavy atom. The van der Waals surface area contributed by atoms with Gasteiger partial charge in [0.1, 0.15) is 17.5 Å². The van der Waals surface area contributed by atoms with Gasteiger partial charge < -0.3 is 14.2 Å². The van der Waals surface area contributed by atoms with Gasteiger partial charge in [-0.15, -0.1) is 0 Å². The molecule has 1 aliphatic rings. The van der Waals surface area contributed by atoms with Gasteiger partial charge in [-0.1, -0.05) is 74.5 Å². The topological polar surface area (TPSA) is 73.4 Å². The summed E-state index contributed by atoms with van der Waals surface area (Å²) in [5.41, 5.74) is 4.42. The molecule has 2 aromatic carbocycles. The zero-order chi connectivity index (χ0) is 25.1. The van der Waals surface area contributed by atoms with E-state index in [2.05, 4.69) is 36.9 Å². The van der Waals surface area contributed by atoms with Crippen LogP contribution in [0, 0.1) is 11.3 Å². The maximum atomic E-state index is 13.1. The first-order valence-corrected chi connectivity index (χ1v) is 12.2. The van der Waals surface area contributed by atoms with Crippen molar-refractivity contribution in [3.63, 3.8) is 0 Å². The van der Waals surface area contributed by atoms with Crippen LogP contribution in [-0.4, -0.2) is 35.4 Å². The number of nitrogens with zero attached hydrogens (tertiary/aromatic N) is 4. The molecule has 1 saturated heterocycles. The zero-order valence-corrected chi connectivity index (χ0v) is 20.5. The Balaban J connectivity index is 1.62. The number of benzene rings is 2. The highest BCUT2D eigenvalue weighted by Crippen LogP contribution is 2.37. The van der Waals surface area contributed by atoms with Crippen LogP contribution < -0.4 is 4.90 Å². The van der Waals surface area contributed by atoms with Crippen molar-refractivity contribution in [3.8, 4) is 17.2 Å². The van der Waals surface area contributed by atoms with E-state index in [0.717, 1.165) is 22.4 Å². The molecular weight excluding hydrogens is 448 g/mol. The van der Waals surface area contributed by atoms with E-state index in [1.165, 1.54) is 6.26 Å². The predicted octanol–water partition coefficient (Wildman–Crippen LogP) is 6.04. The number of furan rings is 1. The number of pyridine rings is 1. The number of carbonyl (C=O) groups excluding carboxylic acids is 1. The number of rotatable bonds is 5. The van der Waals surface area contributed by atoms with Crippen LogP contribution in [0.3, 0.4) is 0 Å². The fourth-order valence-corrected chi connectivity index (χ4v) is 4.75. The summed E-state index contributed by atoms with van der Waals surface area (Å²) < 4.78 is 5.38. The normalized spacial score (nSPS) is 15.7. The van der Waals surface area contributed by atoms with E-state index in [4.69, 9.17) is 9.40 Å². The molecule has 6 heteroatoms. The van der Waals surface area contributed by atoms with Crippen molar-refractivity contribution in [2.45, 2.75) is 25.8 Å². The maximum Gasteiger partial charge on any atom is 0.289 e. The summed E-state index contributed by atoms with van der Waals surface area (Å²) in [4.78, 5) is 22.2. The molecule has 0 radical (unpaired) electrons. The molecule has 3 heterocycles. The molecule has 0 saturated carbocycles. The first-order chi connectivity index (χ1) is 17.6. The molecule has 0 spiro atoms. The summed E-state index contributed by atoms with van der Waals surface area (Å²) >= 11 is 0. The molecule has 1 fully saturated rings. The van der Waals surface area contributed by atoms with Gasteiger partial charge in [0, 0.05) is 30.9 Å². The molecule has 1 atom stereocenters. The second-order valence-corrected chi connectivity index (χ2v) is 9.27. The molecule has 6 nitrogen and oxygen atoms in total. The molecule has 36 heavy (non-hydrogen) atoms. The number of hydrogen-bond donors (Lipinski definition) is 0. The largest absolute Gasteiger partial charge is 0.459 e. The van der Waals surface area contributed by atoms with E-state index in [0.29, 0.717) is 36.8 Å². The molecule has 5 rings (SSSR count). The fourth-order valence-electron chi connectivity index (χ4n) is 4.75. The maximum absolute atomic E-state index is 13.1.